The Morgan fingerprint density at radius 3 is 2.71 bits per heavy atom. The van der Waals surface area contributed by atoms with Crippen molar-refractivity contribution in [2.24, 2.45) is 0 Å². The van der Waals surface area contributed by atoms with Gasteiger partial charge in [-0.05, 0) is 26.8 Å². The van der Waals surface area contributed by atoms with E-state index in [4.69, 9.17) is 5.11 Å². The summed E-state index contributed by atoms with van der Waals surface area (Å²) in [7, 11) is 0. The van der Waals surface area contributed by atoms with Crippen LogP contribution in [-0.2, 0) is 15.1 Å². The van der Waals surface area contributed by atoms with Gasteiger partial charge < -0.3 is 9.67 Å². The minimum absolute atomic E-state index is 0.103. The van der Waals surface area contributed by atoms with Crippen LogP contribution in [0.4, 0.5) is 0 Å². The number of ketones is 1. The second-order valence-corrected chi connectivity index (χ2v) is 4.57. The molecule has 92 valence electrons. The van der Waals surface area contributed by atoms with Crippen LogP contribution in [0.3, 0.4) is 0 Å². The zero-order valence-corrected chi connectivity index (χ0v) is 10.2. The van der Waals surface area contributed by atoms with Gasteiger partial charge in [-0.1, -0.05) is 0 Å². The maximum Gasteiger partial charge on any atom is 0.328 e. The highest BCUT2D eigenvalue weighted by molar-refractivity contribution is 5.84. The standard InChI is InChI=1S/C12H16N2O3/c1-9(15)6-12(2,3)14-7-10(13-8-14)4-5-11(16)17/h4-5,7-8H,6H2,1-3H3,(H,16,17)/b5-4+. The Kier molecular flexibility index (Phi) is 3.83. The summed E-state index contributed by atoms with van der Waals surface area (Å²) in [5, 5.41) is 8.49. The summed E-state index contributed by atoms with van der Waals surface area (Å²) in [4.78, 5) is 25.5. The van der Waals surface area contributed by atoms with Gasteiger partial charge in [0.2, 0.25) is 0 Å². The van der Waals surface area contributed by atoms with E-state index in [1.165, 1.54) is 6.08 Å². The van der Waals surface area contributed by atoms with Crippen molar-refractivity contribution in [3.05, 3.63) is 24.3 Å². The molecule has 1 N–H and O–H groups in total. The fourth-order valence-electron chi connectivity index (χ4n) is 1.61. The molecule has 0 aliphatic carbocycles. The third-order valence-electron chi connectivity index (χ3n) is 2.38. The second kappa shape index (κ2) is 4.95. The number of carboxylic acid groups (broad SMARTS) is 1. The Hall–Kier alpha value is -1.91. The van der Waals surface area contributed by atoms with Crippen LogP contribution in [0.1, 0.15) is 32.9 Å². The number of rotatable bonds is 5. The number of hydrogen-bond donors (Lipinski definition) is 1. The number of Topliss-reactive ketones (excluding diaryl/α,β-unsaturated/α-hetero) is 1. The molecule has 1 heterocycles. The topological polar surface area (TPSA) is 72.2 Å². The lowest BCUT2D eigenvalue weighted by Crippen LogP contribution is -2.27. The third kappa shape index (κ3) is 3.86. The first-order valence-corrected chi connectivity index (χ1v) is 5.26. The van der Waals surface area contributed by atoms with Crippen LogP contribution in [0.15, 0.2) is 18.6 Å². The Labute approximate surface area is 99.8 Å². The van der Waals surface area contributed by atoms with Crippen molar-refractivity contribution in [3.8, 4) is 0 Å². The molecule has 0 bridgehead atoms. The maximum atomic E-state index is 11.1. The molecule has 0 spiro atoms. The van der Waals surface area contributed by atoms with Gasteiger partial charge in [0.1, 0.15) is 5.78 Å². The number of carbonyl (C=O) groups excluding carboxylic acids is 1. The average molecular weight is 236 g/mol. The van der Waals surface area contributed by atoms with E-state index < -0.39 is 5.97 Å². The predicted octanol–water partition coefficient (Wildman–Crippen LogP) is 1.70. The summed E-state index contributed by atoms with van der Waals surface area (Å²) in [5.74, 6) is -0.908. The van der Waals surface area contributed by atoms with Crippen LogP contribution in [0.2, 0.25) is 0 Å². The molecular weight excluding hydrogens is 220 g/mol. The van der Waals surface area contributed by atoms with Crippen LogP contribution < -0.4 is 0 Å². The molecule has 0 atom stereocenters. The fourth-order valence-corrected chi connectivity index (χ4v) is 1.61. The molecule has 0 radical (unpaired) electrons. The van der Waals surface area contributed by atoms with Gasteiger partial charge in [-0.15, -0.1) is 0 Å². The van der Waals surface area contributed by atoms with E-state index in [9.17, 15) is 9.59 Å². The van der Waals surface area contributed by atoms with Crippen molar-refractivity contribution in [2.75, 3.05) is 0 Å². The monoisotopic (exact) mass is 236 g/mol. The molecule has 5 nitrogen and oxygen atoms in total. The lowest BCUT2D eigenvalue weighted by Gasteiger charge is -2.24. The summed E-state index contributed by atoms with van der Waals surface area (Å²) in [6.07, 6.45) is 6.19. The van der Waals surface area contributed by atoms with Gasteiger partial charge in [-0.2, -0.15) is 0 Å². The van der Waals surface area contributed by atoms with Gasteiger partial charge in [0.15, 0.2) is 0 Å². The minimum Gasteiger partial charge on any atom is -0.478 e. The molecule has 1 aromatic rings. The Balaban J connectivity index is 2.87. The quantitative estimate of drug-likeness (QED) is 0.790. The number of nitrogens with zero attached hydrogens (tertiary/aromatic N) is 2. The SMILES string of the molecule is CC(=O)CC(C)(C)n1cnc(/C=C/C(=O)O)c1. The molecule has 0 unspecified atom stereocenters. The van der Waals surface area contributed by atoms with E-state index in [2.05, 4.69) is 4.98 Å². The van der Waals surface area contributed by atoms with Gasteiger partial charge in [-0.25, -0.2) is 9.78 Å². The molecule has 5 heteroatoms. The van der Waals surface area contributed by atoms with E-state index in [0.29, 0.717) is 12.1 Å². The first-order valence-electron chi connectivity index (χ1n) is 5.26. The molecule has 0 amide bonds. The van der Waals surface area contributed by atoms with Gasteiger partial charge >= 0.3 is 5.97 Å². The number of aliphatic carboxylic acids is 1. The minimum atomic E-state index is -1.01. The Morgan fingerprint density at radius 1 is 1.53 bits per heavy atom. The van der Waals surface area contributed by atoms with E-state index in [1.54, 1.807) is 19.4 Å². The lowest BCUT2D eigenvalue weighted by molar-refractivity contribution is -0.131. The molecule has 0 aromatic carbocycles. The molecular formula is C12H16N2O3. The van der Waals surface area contributed by atoms with Crippen molar-refractivity contribution in [1.29, 1.82) is 0 Å². The van der Waals surface area contributed by atoms with Gasteiger partial charge in [0.05, 0.1) is 12.0 Å². The highest BCUT2D eigenvalue weighted by atomic mass is 16.4. The van der Waals surface area contributed by atoms with Crippen LogP contribution in [0.25, 0.3) is 6.08 Å². The summed E-state index contributed by atoms with van der Waals surface area (Å²) in [5.41, 5.74) is 0.206. The third-order valence-corrected chi connectivity index (χ3v) is 2.38. The van der Waals surface area contributed by atoms with Gasteiger partial charge in [0, 0.05) is 24.2 Å². The van der Waals surface area contributed by atoms with Crippen LogP contribution in [0.5, 0.6) is 0 Å². The van der Waals surface area contributed by atoms with Crippen molar-refractivity contribution >= 4 is 17.8 Å². The summed E-state index contributed by atoms with van der Waals surface area (Å²) in [6.45, 7) is 5.41. The van der Waals surface area contributed by atoms with E-state index in [-0.39, 0.29) is 11.3 Å². The predicted molar refractivity (Wildman–Crippen MR) is 63.5 cm³/mol. The van der Waals surface area contributed by atoms with Gasteiger partial charge in [0.25, 0.3) is 0 Å². The first-order chi connectivity index (χ1) is 7.81. The molecule has 0 saturated heterocycles. The van der Waals surface area contributed by atoms with Crippen LogP contribution >= 0.6 is 0 Å². The number of carboxylic acids is 1. The number of imidazole rings is 1. The molecule has 0 fully saturated rings. The highest BCUT2D eigenvalue weighted by Gasteiger charge is 2.21. The molecule has 1 rings (SSSR count). The lowest BCUT2D eigenvalue weighted by atomic mass is 9.98. The smallest absolute Gasteiger partial charge is 0.328 e. The number of carbonyl (C=O) groups is 2. The van der Waals surface area contributed by atoms with E-state index in [1.807, 2.05) is 18.4 Å². The van der Waals surface area contributed by atoms with E-state index in [0.717, 1.165) is 6.08 Å². The van der Waals surface area contributed by atoms with Crippen LogP contribution in [-0.4, -0.2) is 26.4 Å². The van der Waals surface area contributed by atoms with Crippen LogP contribution in [0, 0.1) is 0 Å². The molecule has 0 aliphatic rings. The second-order valence-electron chi connectivity index (χ2n) is 4.57. The number of aromatic nitrogens is 2. The zero-order valence-electron chi connectivity index (χ0n) is 10.2. The largest absolute Gasteiger partial charge is 0.478 e. The maximum absolute atomic E-state index is 11.1. The van der Waals surface area contributed by atoms with E-state index >= 15 is 0 Å². The average Bonchev–Trinajstić information content (AvgIpc) is 2.61. The summed E-state index contributed by atoms with van der Waals surface area (Å²) < 4.78 is 1.82. The van der Waals surface area contributed by atoms with Crippen molar-refractivity contribution < 1.29 is 14.7 Å². The van der Waals surface area contributed by atoms with Gasteiger partial charge in [-0.3, -0.25) is 4.79 Å². The normalized spacial score (nSPS) is 11.9. The Morgan fingerprint density at radius 2 is 2.18 bits per heavy atom. The first kappa shape index (κ1) is 13.2. The number of hydrogen-bond acceptors (Lipinski definition) is 3. The molecule has 0 aliphatic heterocycles. The Bertz CT molecular complexity index is 458. The van der Waals surface area contributed by atoms with Crippen molar-refractivity contribution in [2.45, 2.75) is 32.7 Å². The summed E-state index contributed by atoms with van der Waals surface area (Å²) in [6, 6.07) is 0. The molecule has 17 heavy (non-hydrogen) atoms. The van der Waals surface area contributed by atoms with Crippen molar-refractivity contribution in [3.63, 3.8) is 0 Å². The summed E-state index contributed by atoms with van der Waals surface area (Å²) >= 11 is 0. The molecule has 1 aromatic heterocycles. The zero-order chi connectivity index (χ0) is 13.1. The van der Waals surface area contributed by atoms with Crippen molar-refractivity contribution in [1.82, 2.24) is 9.55 Å². The fraction of sp³-hybridized carbons (Fsp3) is 0.417. The highest BCUT2D eigenvalue weighted by Crippen LogP contribution is 2.20. The molecule has 0 saturated carbocycles.